The zero-order chi connectivity index (χ0) is 15.4. The van der Waals surface area contributed by atoms with Gasteiger partial charge in [-0.15, -0.1) is 11.3 Å². The van der Waals surface area contributed by atoms with E-state index in [1.807, 2.05) is 41.8 Å². The molecule has 3 rings (SSSR count). The third kappa shape index (κ3) is 3.12. The van der Waals surface area contributed by atoms with Crippen LogP contribution >= 0.6 is 11.3 Å². The summed E-state index contributed by atoms with van der Waals surface area (Å²) < 4.78 is 5.31. The number of benzene rings is 1. The molecule has 1 aromatic heterocycles. The van der Waals surface area contributed by atoms with E-state index in [2.05, 4.69) is 10.5 Å². The normalized spacial score (nSPS) is 16.8. The molecule has 6 heteroatoms. The van der Waals surface area contributed by atoms with Gasteiger partial charge in [0.25, 0.3) is 5.91 Å². The number of carbonyl (C=O) groups is 1. The SMILES string of the molecule is COc1ccccc1C1=NO[C@H](C(=O)NCc2cccs2)C1. The van der Waals surface area contributed by atoms with Gasteiger partial charge in [0, 0.05) is 16.9 Å². The standard InChI is InChI=1S/C16H16N2O3S/c1-20-14-7-3-2-6-12(14)13-9-15(21-18-13)16(19)17-10-11-5-4-8-22-11/h2-8,15H,9-10H2,1H3,(H,17,19)/t15-/m0/s1. The third-order valence-corrected chi connectivity index (χ3v) is 4.27. The highest BCUT2D eigenvalue weighted by molar-refractivity contribution is 7.09. The van der Waals surface area contributed by atoms with Crippen molar-refractivity contribution in [2.45, 2.75) is 19.1 Å². The summed E-state index contributed by atoms with van der Waals surface area (Å²) in [6.07, 6.45) is -0.142. The summed E-state index contributed by atoms with van der Waals surface area (Å²) in [5, 5.41) is 8.89. The highest BCUT2D eigenvalue weighted by Crippen LogP contribution is 2.24. The number of nitrogens with zero attached hydrogens (tertiary/aromatic N) is 1. The number of thiophene rings is 1. The Balaban J connectivity index is 1.60. The zero-order valence-electron chi connectivity index (χ0n) is 12.1. The Morgan fingerprint density at radius 1 is 1.41 bits per heavy atom. The Morgan fingerprint density at radius 2 is 2.27 bits per heavy atom. The van der Waals surface area contributed by atoms with Gasteiger partial charge < -0.3 is 14.9 Å². The molecule has 0 aliphatic carbocycles. The Labute approximate surface area is 132 Å². The van der Waals surface area contributed by atoms with Crippen molar-refractivity contribution < 1.29 is 14.4 Å². The molecule has 0 saturated heterocycles. The number of methoxy groups -OCH3 is 1. The molecule has 114 valence electrons. The lowest BCUT2D eigenvalue weighted by Gasteiger charge is -2.09. The predicted octanol–water partition coefficient (Wildman–Crippen LogP) is 2.57. The van der Waals surface area contributed by atoms with E-state index in [1.165, 1.54) is 0 Å². The van der Waals surface area contributed by atoms with E-state index in [0.717, 1.165) is 21.9 Å². The summed E-state index contributed by atoms with van der Waals surface area (Å²) in [5.41, 5.74) is 1.59. The second kappa shape index (κ2) is 6.62. The largest absolute Gasteiger partial charge is 0.496 e. The molecule has 1 aliphatic rings. The first kappa shape index (κ1) is 14.6. The predicted molar refractivity (Wildman–Crippen MR) is 85.2 cm³/mol. The molecule has 0 spiro atoms. The van der Waals surface area contributed by atoms with Crippen molar-refractivity contribution in [3.8, 4) is 5.75 Å². The number of oxime groups is 1. The maximum Gasteiger partial charge on any atom is 0.264 e. The number of ether oxygens (including phenoxy) is 1. The average Bonchev–Trinajstić information content (AvgIpc) is 3.24. The van der Waals surface area contributed by atoms with Crippen LogP contribution in [0.25, 0.3) is 0 Å². The molecule has 0 radical (unpaired) electrons. The van der Waals surface area contributed by atoms with Gasteiger partial charge in [0.1, 0.15) is 5.75 Å². The van der Waals surface area contributed by atoms with Gasteiger partial charge in [-0.05, 0) is 23.6 Å². The molecule has 5 nitrogen and oxygen atoms in total. The number of hydrogen-bond acceptors (Lipinski definition) is 5. The van der Waals surface area contributed by atoms with E-state index in [0.29, 0.717) is 13.0 Å². The number of rotatable bonds is 5. The monoisotopic (exact) mass is 316 g/mol. The molecular weight excluding hydrogens is 300 g/mol. The molecule has 0 bridgehead atoms. The quantitative estimate of drug-likeness (QED) is 0.922. The molecule has 1 amide bonds. The van der Waals surface area contributed by atoms with Crippen molar-refractivity contribution >= 4 is 23.0 Å². The van der Waals surface area contributed by atoms with Crippen LogP contribution in [0.1, 0.15) is 16.9 Å². The van der Waals surface area contributed by atoms with Crippen molar-refractivity contribution in [2.24, 2.45) is 5.16 Å². The maximum absolute atomic E-state index is 12.1. The van der Waals surface area contributed by atoms with Crippen LogP contribution in [0, 0.1) is 0 Å². The minimum atomic E-state index is -0.583. The summed E-state index contributed by atoms with van der Waals surface area (Å²) >= 11 is 1.61. The molecule has 1 N–H and O–H groups in total. The molecule has 1 aliphatic heterocycles. The second-order valence-corrected chi connectivity index (χ2v) is 5.87. The van der Waals surface area contributed by atoms with Crippen LogP contribution in [-0.4, -0.2) is 24.8 Å². The summed E-state index contributed by atoms with van der Waals surface area (Å²) in [4.78, 5) is 18.5. The first-order chi connectivity index (χ1) is 10.8. The van der Waals surface area contributed by atoms with E-state index in [1.54, 1.807) is 18.4 Å². The zero-order valence-corrected chi connectivity index (χ0v) is 12.9. The molecule has 0 fully saturated rings. The minimum Gasteiger partial charge on any atom is -0.496 e. The van der Waals surface area contributed by atoms with Gasteiger partial charge in [0.05, 0.1) is 19.4 Å². The van der Waals surface area contributed by atoms with Gasteiger partial charge in [-0.25, -0.2) is 0 Å². The molecule has 2 heterocycles. The fraction of sp³-hybridized carbons (Fsp3) is 0.250. The van der Waals surface area contributed by atoms with Gasteiger partial charge in [0.2, 0.25) is 6.10 Å². The summed E-state index contributed by atoms with van der Waals surface area (Å²) in [7, 11) is 1.61. The number of nitrogens with one attached hydrogen (secondary N) is 1. The number of amides is 1. The van der Waals surface area contributed by atoms with Crippen molar-refractivity contribution in [3.63, 3.8) is 0 Å². The lowest BCUT2D eigenvalue weighted by molar-refractivity contribution is -0.131. The average molecular weight is 316 g/mol. The van der Waals surface area contributed by atoms with Gasteiger partial charge >= 0.3 is 0 Å². The van der Waals surface area contributed by atoms with Crippen LogP contribution in [0.5, 0.6) is 5.75 Å². The van der Waals surface area contributed by atoms with Gasteiger partial charge in [-0.2, -0.15) is 0 Å². The van der Waals surface area contributed by atoms with Crippen LogP contribution in [0.3, 0.4) is 0 Å². The third-order valence-electron chi connectivity index (χ3n) is 3.40. The van der Waals surface area contributed by atoms with Crippen molar-refractivity contribution in [2.75, 3.05) is 7.11 Å². The molecule has 0 saturated carbocycles. The van der Waals surface area contributed by atoms with E-state index in [-0.39, 0.29) is 5.91 Å². The number of hydrogen-bond donors (Lipinski definition) is 1. The Bertz CT molecular complexity index is 682. The second-order valence-electron chi connectivity index (χ2n) is 4.83. The topological polar surface area (TPSA) is 59.9 Å². The van der Waals surface area contributed by atoms with Crippen molar-refractivity contribution in [1.29, 1.82) is 0 Å². The molecule has 2 aromatic rings. The van der Waals surface area contributed by atoms with Gasteiger partial charge in [-0.1, -0.05) is 23.4 Å². The molecule has 1 atom stereocenters. The maximum atomic E-state index is 12.1. The van der Waals surface area contributed by atoms with Gasteiger partial charge in [0.15, 0.2) is 0 Å². The van der Waals surface area contributed by atoms with E-state index < -0.39 is 6.10 Å². The van der Waals surface area contributed by atoms with E-state index in [9.17, 15) is 4.79 Å². The van der Waals surface area contributed by atoms with Crippen LogP contribution in [0.2, 0.25) is 0 Å². The van der Waals surface area contributed by atoms with Crippen molar-refractivity contribution in [1.82, 2.24) is 5.32 Å². The van der Waals surface area contributed by atoms with E-state index >= 15 is 0 Å². The smallest absolute Gasteiger partial charge is 0.264 e. The first-order valence-electron chi connectivity index (χ1n) is 6.94. The molecule has 0 unspecified atom stereocenters. The Kier molecular flexibility index (Phi) is 4.39. The van der Waals surface area contributed by atoms with Crippen LogP contribution in [0.15, 0.2) is 46.9 Å². The fourth-order valence-corrected chi connectivity index (χ4v) is 2.91. The van der Waals surface area contributed by atoms with Crippen molar-refractivity contribution in [3.05, 3.63) is 52.2 Å². The van der Waals surface area contributed by atoms with Crippen LogP contribution in [0.4, 0.5) is 0 Å². The number of carbonyl (C=O) groups excluding carboxylic acids is 1. The van der Waals surface area contributed by atoms with E-state index in [4.69, 9.17) is 9.57 Å². The highest BCUT2D eigenvalue weighted by atomic mass is 32.1. The summed E-state index contributed by atoms with van der Waals surface area (Å²) in [6.45, 7) is 0.514. The fourth-order valence-electron chi connectivity index (χ4n) is 2.26. The Hall–Kier alpha value is -2.34. The summed E-state index contributed by atoms with van der Waals surface area (Å²) in [6, 6.07) is 11.5. The summed E-state index contributed by atoms with van der Waals surface area (Å²) in [5.74, 6) is 0.576. The number of para-hydroxylation sites is 1. The highest BCUT2D eigenvalue weighted by Gasteiger charge is 2.29. The van der Waals surface area contributed by atoms with Gasteiger partial charge in [-0.3, -0.25) is 4.79 Å². The molecule has 22 heavy (non-hydrogen) atoms. The molecular formula is C16H16N2O3S. The molecule has 1 aromatic carbocycles. The Morgan fingerprint density at radius 3 is 3.05 bits per heavy atom. The lowest BCUT2D eigenvalue weighted by Crippen LogP contribution is -2.34. The van der Waals surface area contributed by atoms with Crippen LogP contribution < -0.4 is 10.1 Å². The minimum absolute atomic E-state index is 0.151. The lowest BCUT2D eigenvalue weighted by atomic mass is 10.0. The first-order valence-corrected chi connectivity index (χ1v) is 7.82. The van der Waals surface area contributed by atoms with Crippen LogP contribution in [-0.2, 0) is 16.2 Å².